The van der Waals surface area contributed by atoms with Gasteiger partial charge in [-0.1, -0.05) is 40.0 Å². The summed E-state index contributed by atoms with van der Waals surface area (Å²) in [6.07, 6.45) is 11.7. The lowest BCUT2D eigenvalue weighted by Gasteiger charge is -2.42. The minimum Gasteiger partial charge on any atom is -0.370 e. The zero-order valence-electron chi connectivity index (χ0n) is 16.8. The first-order valence-electron chi connectivity index (χ1n) is 10.3. The third-order valence-corrected chi connectivity index (χ3v) is 8.01. The lowest BCUT2D eigenvalue weighted by atomic mass is 10.1. The number of nitrogens with zero attached hydrogens (tertiary/aromatic N) is 1. The van der Waals surface area contributed by atoms with Crippen molar-refractivity contribution in [2.45, 2.75) is 78.6 Å². The summed E-state index contributed by atoms with van der Waals surface area (Å²) in [6.45, 7) is 11.4. The van der Waals surface area contributed by atoms with Crippen molar-refractivity contribution in [1.82, 2.24) is 0 Å². The molecule has 1 saturated heterocycles. The molecule has 1 aliphatic rings. The Kier molecular flexibility index (Phi) is 11.4. The summed E-state index contributed by atoms with van der Waals surface area (Å²) in [6, 6.07) is 0. The van der Waals surface area contributed by atoms with Gasteiger partial charge in [-0.2, -0.15) is 0 Å². The molecule has 0 atom stereocenters. The summed E-state index contributed by atoms with van der Waals surface area (Å²) >= 11 is 0. The van der Waals surface area contributed by atoms with Crippen molar-refractivity contribution in [3.63, 3.8) is 0 Å². The lowest BCUT2D eigenvalue weighted by Crippen LogP contribution is -2.63. The maximum absolute atomic E-state index is 6.41. The van der Waals surface area contributed by atoms with Gasteiger partial charge < -0.3 is 17.8 Å². The molecule has 1 aliphatic heterocycles. The van der Waals surface area contributed by atoms with E-state index in [0.717, 1.165) is 69.0 Å². The maximum atomic E-state index is 6.41. The molecule has 0 N–H and O–H groups in total. The molecule has 0 aromatic carbocycles. The predicted octanol–water partition coefficient (Wildman–Crippen LogP) is 4.55. The van der Waals surface area contributed by atoms with Gasteiger partial charge in [-0.05, 0) is 38.5 Å². The highest BCUT2D eigenvalue weighted by Crippen LogP contribution is 2.23. The molecule has 0 amide bonds. The van der Waals surface area contributed by atoms with Crippen LogP contribution in [-0.2, 0) is 13.3 Å². The molecule has 24 heavy (non-hydrogen) atoms. The van der Waals surface area contributed by atoms with Crippen molar-refractivity contribution in [2.75, 3.05) is 46.1 Å². The van der Waals surface area contributed by atoms with Crippen LogP contribution in [0.1, 0.15) is 78.6 Å². The van der Waals surface area contributed by atoms with E-state index in [1.807, 2.05) is 0 Å². The van der Waals surface area contributed by atoms with Crippen molar-refractivity contribution < 1.29 is 17.8 Å². The van der Waals surface area contributed by atoms with Crippen LogP contribution in [-0.4, -0.2) is 59.4 Å². The zero-order chi connectivity index (χ0) is 17.7. The number of hydrogen-bond acceptors (Lipinski definition) is 3. The summed E-state index contributed by atoms with van der Waals surface area (Å²) in [5.41, 5.74) is 0. The normalized spacial score (nSPS) is 18.0. The number of piperidine rings is 1. The van der Waals surface area contributed by atoms with Crippen molar-refractivity contribution in [3.05, 3.63) is 0 Å². The van der Waals surface area contributed by atoms with Crippen LogP contribution >= 0.6 is 0 Å². The minimum atomic E-state index is -2.59. The van der Waals surface area contributed by atoms with Gasteiger partial charge in [-0.15, -0.1) is 0 Å². The molecule has 1 rings (SSSR count). The van der Waals surface area contributed by atoms with E-state index in [-0.39, 0.29) is 0 Å². The molecule has 144 valence electrons. The molecule has 0 aliphatic carbocycles. The van der Waals surface area contributed by atoms with Gasteiger partial charge in [0.15, 0.2) is 0 Å². The second-order valence-electron chi connectivity index (χ2n) is 7.57. The van der Waals surface area contributed by atoms with E-state index in [1.54, 1.807) is 0 Å². The van der Waals surface area contributed by atoms with E-state index >= 15 is 0 Å². The molecule has 0 radical (unpaired) electrons. The highest BCUT2D eigenvalue weighted by Gasteiger charge is 2.49. The van der Waals surface area contributed by atoms with Gasteiger partial charge in [0.1, 0.15) is 6.17 Å². The molecule has 1 fully saturated rings. The summed E-state index contributed by atoms with van der Waals surface area (Å²) in [7, 11) is -0.223. The Morgan fingerprint density at radius 3 is 1.50 bits per heavy atom. The van der Waals surface area contributed by atoms with Crippen molar-refractivity contribution >= 4 is 8.80 Å². The number of unbranched alkanes of at least 4 members (excludes halogenated alkanes) is 3. The highest BCUT2D eigenvalue weighted by molar-refractivity contribution is 6.60. The second-order valence-corrected chi connectivity index (χ2v) is 10.1. The SMILES string of the molecule is CCCCO[Si](C[N+]1(C)CCCCC1)(OCCCC)OCCCC. The molecule has 0 saturated carbocycles. The van der Waals surface area contributed by atoms with Crippen molar-refractivity contribution in [2.24, 2.45) is 0 Å². The molecular weight excluding hydrogens is 318 g/mol. The first-order valence-corrected chi connectivity index (χ1v) is 12.3. The first kappa shape index (κ1) is 22.1. The fourth-order valence-corrected chi connectivity index (χ4v) is 6.42. The molecule has 0 aromatic heterocycles. The molecule has 5 heteroatoms. The van der Waals surface area contributed by atoms with E-state index in [4.69, 9.17) is 13.3 Å². The van der Waals surface area contributed by atoms with E-state index in [9.17, 15) is 0 Å². The number of hydrogen-bond donors (Lipinski definition) is 0. The third-order valence-electron chi connectivity index (χ3n) is 4.93. The third kappa shape index (κ3) is 8.43. The van der Waals surface area contributed by atoms with Crippen LogP contribution in [0, 0.1) is 0 Å². The van der Waals surface area contributed by atoms with Gasteiger partial charge in [0.05, 0.1) is 20.1 Å². The van der Waals surface area contributed by atoms with Crippen LogP contribution in [0.25, 0.3) is 0 Å². The Balaban J connectivity index is 2.79. The Bertz CT molecular complexity index is 282. The van der Waals surface area contributed by atoms with Gasteiger partial charge in [0.2, 0.25) is 0 Å². The molecular formula is C19H42NO3Si+. The van der Waals surface area contributed by atoms with Gasteiger partial charge in [0.25, 0.3) is 0 Å². The van der Waals surface area contributed by atoms with E-state index in [0.29, 0.717) is 0 Å². The monoisotopic (exact) mass is 360 g/mol. The molecule has 0 spiro atoms. The minimum absolute atomic E-state index is 0.779. The molecule has 4 nitrogen and oxygen atoms in total. The molecule has 0 aromatic rings. The lowest BCUT2D eigenvalue weighted by molar-refractivity contribution is -0.906. The average molecular weight is 361 g/mol. The summed E-state index contributed by atoms with van der Waals surface area (Å²) in [5.74, 6) is 0. The quantitative estimate of drug-likeness (QED) is 0.258. The molecule has 1 heterocycles. The Morgan fingerprint density at radius 2 is 1.12 bits per heavy atom. The average Bonchev–Trinajstić information content (AvgIpc) is 2.56. The number of rotatable bonds is 14. The van der Waals surface area contributed by atoms with Gasteiger partial charge in [-0.25, -0.2) is 0 Å². The van der Waals surface area contributed by atoms with Gasteiger partial charge in [0, 0.05) is 19.8 Å². The topological polar surface area (TPSA) is 27.7 Å². The van der Waals surface area contributed by atoms with Crippen molar-refractivity contribution in [1.29, 1.82) is 0 Å². The smallest absolute Gasteiger partial charge is 0.370 e. The predicted molar refractivity (Wildman–Crippen MR) is 103 cm³/mol. The molecule has 0 unspecified atom stereocenters. The standard InChI is InChI=1S/C19H42NO3Si/c1-5-8-16-21-24(22-17-9-6-2,23-18-10-7-3)19-20(4)14-12-11-13-15-20/h5-19H2,1-4H3/q+1. The van der Waals surface area contributed by atoms with Crippen molar-refractivity contribution in [3.8, 4) is 0 Å². The van der Waals surface area contributed by atoms with Crippen LogP contribution < -0.4 is 0 Å². The fourth-order valence-electron chi connectivity index (χ4n) is 3.28. The van der Waals surface area contributed by atoms with E-state index in [1.165, 1.54) is 32.4 Å². The number of likely N-dealkylation sites (tertiary alicyclic amines) is 1. The van der Waals surface area contributed by atoms with Crippen LogP contribution in [0.2, 0.25) is 0 Å². The van der Waals surface area contributed by atoms with Crippen LogP contribution in [0.15, 0.2) is 0 Å². The summed E-state index contributed by atoms with van der Waals surface area (Å²) in [5, 5.41) is 0. The van der Waals surface area contributed by atoms with E-state index in [2.05, 4.69) is 27.8 Å². The van der Waals surface area contributed by atoms with E-state index < -0.39 is 8.80 Å². The summed E-state index contributed by atoms with van der Waals surface area (Å²) in [4.78, 5) is 0. The van der Waals surface area contributed by atoms with Crippen LogP contribution in [0.4, 0.5) is 0 Å². The largest absolute Gasteiger partial charge is 0.559 e. The summed E-state index contributed by atoms with van der Waals surface area (Å²) < 4.78 is 20.3. The van der Waals surface area contributed by atoms with Crippen LogP contribution in [0.5, 0.6) is 0 Å². The zero-order valence-corrected chi connectivity index (χ0v) is 17.8. The number of quaternary nitrogens is 1. The Hall–Kier alpha value is 0.0569. The Labute approximate surface area is 151 Å². The van der Waals surface area contributed by atoms with Crippen LogP contribution in [0.3, 0.4) is 0 Å². The van der Waals surface area contributed by atoms with Gasteiger partial charge in [-0.3, -0.25) is 0 Å². The van der Waals surface area contributed by atoms with Gasteiger partial charge >= 0.3 is 8.80 Å². The molecule has 0 bridgehead atoms. The Morgan fingerprint density at radius 1 is 0.708 bits per heavy atom. The maximum Gasteiger partial charge on any atom is 0.559 e. The fraction of sp³-hybridized carbons (Fsp3) is 1.00. The highest BCUT2D eigenvalue weighted by atomic mass is 28.4. The second kappa shape index (κ2) is 12.4. The first-order chi connectivity index (χ1) is 11.6.